The van der Waals surface area contributed by atoms with Gasteiger partial charge >= 0.3 is 0 Å². The molecule has 47 heavy (non-hydrogen) atoms. The first kappa shape index (κ1) is 31.3. The van der Waals surface area contributed by atoms with E-state index < -0.39 is 0 Å². The van der Waals surface area contributed by atoms with Gasteiger partial charge < -0.3 is 10.0 Å². The number of hydrogen-bond acceptors (Lipinski definition) is 6. The normalized spacial score (nSPS) is 17.8. The largest absolute Gasteiger partial charge is 0.507 e. The van der Waals surface area contributed by atoms with Crippen LogP contribution in [0.1, 0.15) is 99.7 Å². The average Bonchev–Trinajstić information content (AvgIpc) is 3.65. The van der Waals surface area contributed by atoms with Crippen LogP contribution in [0, 0.1) is 5.92 Å². The summed E-state index contributed by atoms with van der Waals surface area (Å²) in [7, 11) is 0. The predicted molar refractivity (Wildman–Crippen MR) is 182 cm³/mol. The van der Waals surface area contributed by atoms with E-state index in [1.165, 1.54) is 42.6 Å². The maximum absolute atomic E-state index is 12.6. The molecule has 8 heteroatoms. The first-order valence-electron chi connectivity index (χ1n) is 17.5. The van der Waals surface area contributed by atoms with E-state index >= 15 is 0 Å². The molecular formula is C39H45N5O3. The Kier molecular flexibility index (Phi) is 9.47. The molecule has 8 nitrogen and oxygen atoms in total. The lowest BCUT2D eigenvalue weighted by Crippen LogP contribution is -2.36. The molecule has 1 saturated carbocycles. The summed E-state index contributed by atoms with van der Waals surface area (Å²) in [5.41, 5.74) is 5.48. The van der Waals surface area contributed by atoms with Gasteiger partial charge in [-0.3, -0.25) is 19.2 Å². The van der Waals surface area contributed by atoms with Crippen LogP contribution < -0.4 is 0 Å². The standard InChI is InChI=1S/C39H45N5O3/c45-37-32(9-6-12-33(37)31-7-2-1-3-8-31)25-36-40-27-43(41-36)26-30-18-22-42(23-19-30)21-17-28-13-15-29(16-14-28)20-24-44-38(46)34-10-4-5-11-35(34)39(44)47/h4-6,9-16,27,30-31,45H,1-3,7-8,17-26H2. The topological polar surface area (TPSA) is 91.6 Å². The number of aromatic nitrogens is 3. The summed E-state index contributed by atoms with van der Waals surface area (Å²) in [5.74, 6) is 1.89. The number of likely N-dealkylation sites (tertiary alicyclic amines) is 1. The van der Waals surface area contributed by atoms with Crippen LogP contribution in [0.4, 0.5) is 0 Å². The highest BCUT2D eigenvalue weighted by molar-refractivity contribution is 6.21. The van der Waals surface area contributed by atoms with E-state index in [9.17, 15) is 14.7 Å². The second-order valence-corrected chi connectivity index (χ2v) is 13.7. The fraction of sp³-hybridized carbons (Fsp3) is 0.436. The molecule has 1 aromatic heterocycles. The number of hydrogen-bond donors (Lipinski definition) is 1. The Morgan fingerprint density at radius 1 is 0.745 bits per heavy atom. The Morgan fingerprint density at radius 3 is 2.09 bits per heavy atom. The fourth-order valence-electron chi connectivity index (χ4n) is 7.67. The summed E-state index contributed by atoms with van der Waals surface area (Å²) >= 11 is 0. The van der Waals surface area contributed by atoms with Crippen molar-refractivity contribution in [1.29, 1.82) is 0 Å². The summed E-state index contributed by atoms with van der Waals surface area (Å²) in [6.07, 6.45) is 12.5. The molecule has 0 atom stereocenters. The van der Waals surface area contributed by atoms with Crippen molar-refractivity contribution in [3.05, 3.63) is 112 Å². The molecule has 1 aliphatic carbocycles. The quantitative estimate of drug-likeness (QED) is 0.192. The van der Waals surface area contributed by atoms with Crippen molar-refractivity contribution >= 4 is 11.8 Å². The van der Waals surface area contributed by atoms with Gasteiger partial charge in [0.25, 0.3) is 11.8 Å². The Labute approximate surface area is 277 Å². The molecular weight excluding hydrogens is 586 g/mol. The summed E-state index contributed by atoms with van der Waals surface area (Å²) < 4.78 is 1.99. The maximum atomic E-state index is 12.6. The number of carbonyl (C=O) groups is 2. The number of para-hydroxylation sites is 1. The van der Waals surface area contributed by atoms with Gasteiger partial charge in [0.05, 0.1) is 11.1 Å². The Hall–Kier alpha value is -4.30. The zero-order valence-electron chi connectivity index (χ0n) is 27.2. The van der Waals surface area contributed by atoms with Gasteiger partial charge in [-0.05, 0) is 92.3 Å². The van der Waals surface area contributed by atoms with E-state index in [1.54, 1.807) is 24.3 Å². The third-order valence-electron chi connectivity index (χ3n) is 10.5. The van der Waals surface area contributed by atoms with Crippen LogP contribution in [0.5, 0.6) is 5.75 Å². The molecule has 244 valence electrons. The van der Waals surface area contributed by atoms with Crippen molar-refractivity contribution in [2.24, 2.45) is 5.92 Å². The van der Waals surface area contributed by atoms with Crippen LogP contribution in [0.3, 0.4) is 0 Å². The summed E-state index contributed by atoms with van der Waals surface area (Å²) in [5, 5.41) is 15.8. The first-order chi connectivity index (χ1) is 23.0. The smallest absolute Gasteiger partial charge is 0.261 e. The van der Waals surface area contributed by atoms with Crippen LogP contribution in [0.25, 0.3) is 0 Å². The number of imide groups is 1. The summed E-state index contributed by atoms with van der Waals surface area (Å²) in [4.78, 5) is 33.8. The van der Waals surface area contributed by atoms with Gasteiger partial charge in [0.2, 0.25) is 0 Å². The van der Waals surface area contributed by atoms with Gasteiger partial charge in [0.15, 0.2) is 5.82 Å². The Bertz CT molecular complexity index is 1660. The third-order valence-corrected chi connectivity index (χ3v) is 10.5. The molecule has 1 saturated heterocycles. The van der Waals surface area contributed by atoms with E-state index in [1.807, 2.05) is 17.1 Å². The monoisotopic (exact) mass is 631 g/mol. The highest BCUT2D eigenvalue weighted by Gasteiger charge is 2.34. The molecule has 0 bridgehead atoms. The second-order valence-electron chi connectivity index (χ2n) is 13.7. The zero-order chi connectivity index (χ0) is 32.2. The van der Waals surface area contributed by atoms with Gasteiger partial charge in [-0.15, -0.1) is 0 Å². The molecule has 7 rings (SSSR count). The second kappa shape index (κ2) is 14.2. The van der Waals surface area contributed by atoms with Crippen LogP contribution >= 0.6 is 0 Å². The van der Waals surface area contributed by atoms with Crippen LogP contribution in [-0.4, -0.2) is 67.7 Å². The lowest BCUT2D eigenvalue weighted by molar-refractivity contribution is 0.0656. The van der Waals surface area contributed by atoms with Gasteiger partial charge in [0, 0.05) is 31.6 Å². The number of aromatic hydroxyl groups is 1. The van der Waals surface area contributed by atoms with Gasteiger partial charge in [-0.25, -0.2) is 4.98 Å². The molecule has 3 heterocycles. The highest BCUT2D eigenvalue weighted by atomic mass is 16.3. The number of nitrogens with zero attached hydrogens (tertiary/aromatic N) is 5. The number of piperidine rings is 1. The van der Waals surface area contributed by atoms with Crippen molar-refractivity contribution in [2.75, 3.05) is 26.2 Å². The fourth-order valence-corrected chi connectivity index (χ4v) is 7.67. The van der Waals surface area contributed by atoms with E-state index in [-0.39, 0.29) is 11.8 Å². The van der Waals surface area contributed by atoms with Crippen molar-refractivity contribution in [3.63, 3.8) is 0 Å². The zero-order valence-corrected chi connectivity index (χ0v) is 27.2. The van der Waals surface area contributed by atoms with E-state index in [0.717, 1.165) is 68.0 Å². The third kappa shape index (κ3) is 7.18. The lowest BCUT2D eigenvalue weighted by atomic mass is 9.83. The molecule has 2 aliphatic heterocycles. The van der Waals surface area contributed by atoms with Crippen LogP contribution in [-0.2, 0) is 25.8 Å². The number of phenols is 1. The molecule has 2 amide bonds. The molecule has 0 spiro atoms. The molecule has 1 N–H and O–H groups in total. The predicted octanol–water partition coefficient (Wildman–Crippen LogP) is 6.42. The highest BCUT2D eigenvalue weighted by Crippen LogP contribution is 2.38. The molecule has 2 fully saturated rings. The van der Waals surface area contributed by atoms with Crippen molar-refractivity contribution in [3.8, 4) is 5.75 Å². The molecule has 3 aliphatic rings. The first-order valence-corrected chi connectivity index (χ1v) is 17.5. The lowest BCUT2D eigenvalue weighted by Gasteiger charge is -2.31. The number of fused-ring (bicyclic) bond motifs is 1. The summed E-state index contributed by atoms with van der Waals surface area (Å²) in [6, 6.07) is 21.8. The molecule has 4 aromatic rings. The number of benzene rings is 3. The maximum Gasteiger partial charge on any atom is 0.261 e. The van der Waals surface area contributed by atoms with E-state index in [4.69, 9.17) is 5.10 Å². The van der Waals surface area contributed by atoms with Crippen molar-refractivity contribution < 1.29 is 14.7 Å². The number of carbonyl (C=O) groups excluding carboxylic acids is 2. The van der Waals surface area contributed by atoms with Crippen LogP contribution in [0.15, 0.2) is 73.1 Å². The van der Waals surface area contributed by atoms with Crippen molar-refractivity contribution in [2.45, 2.75) is 76.7 Å². The summed E-state index contributed by atoms with van der Waals surface area (Å²) in [6.45, 7) is 4.50. The van der Waals surface area contributed by atoms with Gasteiger partial charge in [-0.2, -0.15) is 5.10 Å². The Balaban J connectivity index is 0.833. The minimum atomic E-state index is -0.191. The number of rotatable bonds is 11. The van der Waals surface area contributed by atoms with Crippen molar-refractivity contribution in [1.82, 2.24) is 24.6 Å². The SMILES string of the molecule is O=C1c2ccccc2C(=O)N1CCc1ccc(CCN2CCC(Cn3cnc(Cc4cccc(C5CCCCC5)c4O)n3)CC2)cc1. The molecule has 0 radical (unpaired) electrons. The number of amides is 2. The minimum absolute atomic E-state index is 0.191. The molecule has 0 unspecified atom stereocenters. The van der Waals surface area contributed by atoms with Crippen LogP contribution in [0.2, 0.25) is 0 Å². The minimum Gasteiger partial charge on any atom is -0.507 e. The van der Waals surface area contributed by atoms with Gasteiger partial charge in [-0.1, -0.05) is 73.9 Å². The van der Waals surface area contributed by atoms with E-state index in [2.05, 4.69) is 46.3 Å². The number of phenolic OH excluding ortho intramolecular Hbond substituents is 1. The molecule has 3 aromatic carbocycles. The van der Waals surface area contributed by atoms with E-state index in [0.29, 0.717) is 48.1 Å². The average molecular weight is 632 g/mol. The Morgan fingerprint density at radius 2 is 1.40 bits per heavy atom. The van der Waals surface area contributed by atoms with Gasteiger partial charge in [0.1, 0.15) is 12.1 Å².